The SMILES string of the molecule is Nc1cnccc1NCc1nccs1. The highest BCUT2D eigenvalue weighted by atomic mass is 32.1. The Morgan fingerprint density at radius 2 is 2.36 bits per heavy atom. The predicted octanol–water partition coefficient (Wildman–Crippen LogP) is 1.73. The number of thiazole rings is 1. The average molecular weight is 206 g/mol. The Bertz CT molecular complexity index is 399. The molecule has 0 saturated heterocycles. The molecule has 0 aliphatic heterocycles. The van der Waals surface area contributed by atoms with Crippen LogP contribution in [0.25, 0.3) is 0 Å². The van der Waals surface area contributed by atoms with Crippen LogP contribution in [-0.4, -0.2) is 9.97 Å². The van der Waals surface area contributed by atoms with Crippen LogP contribution in [0.4, 0.5) is 11.4 Å². The number of nitrogen functional groups attached to an aromatic ring is 1. The minimum atomic E-state index is 0.657. The number of nitrogens with one attached hydrogen (secondary N) is 1. The molecule has 2 aromatic heterocycles. The molecule has 0 aromatic carbocycles. The van der Waals surface area contributed by atoms with Crippen molar-refractivity contribution in [1.29, 1.82) is 0 Å². The number of aromatic nitrogens is 2. The van der Waals surface area contributed by atoms with Gasteiger partial charge in [0.1, 0.15) is 5.01 Å². The summed E-state index contributed by atoms with van der Waals surface area (Å²) < 4.78 is 0. The highest BCUT2D eigenvalue weighted by Crippen LogP contribution is 2.16. The highest BCUT2D eigenvalue weighted by molar-refractivity contribution is 7.09. The van der Waals surface area contributed by atoms with Crippen LogP contribution in [-0.2, 0) is 6.54 Å². The molecular formula is C9H10N4S. The van der Waals surface area contributed by atoms with Crippen LogP contribution in [0.15, 0.2) is 30.0 Å². The van der Waals surface area contributed by atoms with E-state index in [1.54, 1.807) is 29.9 Å². The van der Waals surface area contributed by atoms with Gasteiger partial charge in [-0.05, 0) is 6.07 Å². The molecule has 14 heavy (non-hydrogen) atoms. The molecular weight excluding hydrogens is 196 g/mol. The molecule has 0 unspecified atom stereocenters. The molecule has 72 valence electrons. The van der Waals surface area contributed by atoms with Crippen molar-refractivity contribution in [3.05, 3.63) is 35.0 Å². The van der Waals surface area contributed by atoms with Gasteiger partial charge in [-0.2, -0.15) is 0 Å². The molecule has 0 spiro atoms. The summed E-state index contributed by atoms with van der Waals surface area (Å²) in [5.41, 5.74) is 7.27. The Kier molecular flexibility index (Phi) is 2.60. The number of pyridine rings is 1. The van der Waals surface area contributed by atoms with Gasteiger partial charge in [0.2, 0.25) is 0 Å². The quantitative estimate of drug-likeness (QED) is 0.802. The molecule has 0 amide bonds. The van der Waals surface area contributed by atoms with Crippen molar-refractivity contribution < 1.29 is 0 Å². The Morgan fingerprint density at radius 3 is 3.07 bits per heavy atom. The number of nitrogens with zero attached hydrogens (tertiary/aromatic N) is 2. The first-order valence-electron chi connectivity index (χ1n) is 4.18. The summed E-state index contributed by atoms with van der Waals surface area (Å²) in [6.45, 7) is 0.700. The maximum Gasteiger partial charge on any atom is 0.112 e. The average Bonchev–Trinajstić information content (AvgIpc) is 2.69. The normalized spacial score (nSPS) is 10.0. The van der Waals surface area contributed by atoms with Crippen molar-refractivity contribution in [3.8, 4) is 0 Å². The van der Waals surface area contributed by atoms with Crippen molar-refractivity contribution in [1.82, 2.24) is 9.97 Å². The highest BCUT2D eigenvalue weighted by Gasteiger charge is 1.98. The van der Waals surface area contributed by atoms with E-state index in [-0.39, 0.29) is 0 Å². The van der Waals surface area contributed by atoms with Crippen molar-refractivity contribution in [3.63, 3.8) is 0 Å². The van der Waals surface area contributed by atoms with Gasteiger partial charge >= 0.3 is 0 Å². The van der Waals surface area contributed by atoms with E-state index in [0.29, 0.717) is 12.2 Å². The lowest BCUT2D eigenvalue weighted by Crippen LogP contribution is -2.02. The second kappa shape index (κ2) is 4.06. The van der Waals surface area contributed by atoms with Crippen molar-refractivity contribution in [2.45, 2.75) is 6.54 Å². The molecule has 0 fully saturated rings. The lowest BCUT2D eigenvalue weighted by molar-refractivity contribution is 1.10. The topological polar surface area (TPSA) is 63.8 Å². The summed E-state index contributed by atoms with van der Waals surface area (Å²) in [4.78, 5) is 8.07. The fourth-order valence-corrected chi connectivity index (χ4v) is 1.63. The van der Waals surface area contributed by atoms with E-state index >= 15 is 0 Å². The molecule has 2 heterocycles. The van der Waals surface area contributed by atoms with Crippen LogP contribution in [0.5, 0.6) is 0 Å². The standard InChI is InChI=1S/C9H10N4S/c10-7-5-11-2-1-8(7)13-6-9-12-3-4-14-9/h1-5H,6,10H2,(H,11,13). The second-order valence-corrected chi connectivity index (χ2v) is 3.72. The van der Waals surface area contributed by atoms with Crippen LogP contribution in [0.3, 0.4) is 0 Å². The number of hydrogen-bond donors (Lipinski definition) is 2. The first-order chi connectivity index (χ1) is 6.86. The summed E-state index contributed by atoms with van der Waals surface area (Å²) in [5, 5.41) is 6.19. The Balaban J connectivity index is 2.02. The number of anilines is 2. The second-order valence-electron chi connectivity index (χ2n) is 2.74. The summed E-state index contributed by atoms with van der Waals surface area (Å²) >= 11 is 1.62. The van der Waals surface area contributed by atoms with Crippen molar-refractivity contribution in [2.75, 3.05) is 11.1 Å². The maximum atomic E-state index is 5.72. The first-order valence-corrected chi connectivity index (χ1v) is 5.06. The molecule has 5 heteroatoms. The zero-order valence-electron chi connectivity index (χ0n) is 7.47. The van der Waals surface area contributed by atoms with Crippen LogP contribution >= 0.6 is 11.3 Å². The zero-order valence-corrected chi connectivity index (χ0v) is 8.29. The van der Waals surface area contributed by atoms with Crippen LogP contribution < -0.4 is 11.1 Å². The van der Waals surface area contributed by atoms with Crippen LogP contribution in [0, 0.1) is 0 Å². The lowest BCUT2D eigenvalue weighted by atomic mass is 10.3. The molecule has 4 nitrogen and oxygen atoms in total. The van der Waals surface area contributed by atoms with Crippen molar-refractivity contribution >= 4 is 22.7 Å². The first kappa shape index (κ1) is 8.96. The van der Waals surface area contributed by atoms with E-state index in [0.717, 1.165) is 10.7 Å². The van der Waals surface area contributed by atoms with Gasteiger partial charge in [-0.25, -0.2) is 4.98 Å². The Hall–Kier alpha value is -1.62. The van der Waals surface area contributed by atoms with Crippen molar-refractivity contribution in [2.24, 2.45) is 0 Å². The van der Waals surface area contributed by atoms with Gasteiger partial charge in [-0.15, -0.1) is 11.3 Å². The van der Waals surface area contributed by atoms with E-state index in [4.69, 9.17) is 5.73 Å². The van der Waals surface area contributed by atoms with E-state index in [1.807, 2.05) is 11.4 Å². The van der Waals surface area contributed by atoms with E-state index in [2.05, 4.69) is 15.3 Å². The smallest absolute Gasteiger partial charge is 0.112 e. The lowest BCUT2D eigenvalue weighted by Gasteiger charge is -2.05. The molecule has 2 aromatic rings. The van der Waals surface area contributed by atoms with Gasteiger partial charge in [-0.3, -0.25) is 4.98 Å². The van der Waals surface area contributed by atoms with Gasteiger partial charge in [-0.1, -0.05) is 0 Å². The van der Waals surface area contributed by atoms with E-state index in [9.17, 15) is 0 Å². The third-order valence-electron chi connectivity index (χ3n) is 1.77. The summed E-state index contributed by atoms with van der Waals surface area (Å²) in [6.07, 6.45) is 5.13. The van der Waals surface area contributed by atoms with Crippen LogP contribution in [0.2, 0.25) is 0 Å². The molecule has 0 saturated carbocycles. The number of nitrogens with two attached hydrogens (primary N) is 1. The zero-order chi connectivity index (χ0) is 9.80. The molecule has 2 rings (SSSR count). The number of rotatable bonds is 3. The molecule has 0 aliphatic carbocycles. The minimum absolute atomic E-state index is 0.657. The van der Waals surface area contributed by atoms with Gasteiger partial charge < -0.3 is 11.1 Å². The molecule has 0 radical (unpaired) electrons. The minimum Gasteiger partial charge on any atom is -0.396 e. The summed E-state index contributed by atoms with van der Waals surface area (Å²) in [7, 11) is 0. The van der Waals surface area contributed by atoms with Gasteiger partial charge in [0.25, 0.3) is 0 Å². The third kappa shape index (κ3) is 2.00. The Labute approximate surface area is 85.8 Å². The monoisotopic (exact) mass is 206 g/mol. The fraction of sp³-hybridized carbons (Fsp3) is 0.111. The van der Waals surface area contributed by atoms with E-state index < -0.39 is 0 Å². The maximum absolute atomic E-state index is 5.72. The molecule has 0 atom stereocenters. The van der Waals surface area contributed by atoms with E-state index in [1.165, 1.54) is 0 Å². The summed E-state index contributed by atoms with van der Waals surface area (Å²) in [6, 6.07) is 1.85. The van der Waals surface area contributed by atoms with Gasteiger partial charge in [0.05, 0.1) is 24.1 Å². The van der Waals surface area contributed by atoms with Gasteiger partial charge in [0.15, 0.2) is 0 Å². The van der Waals surface area contributed by atoms with Gasteiger partial charge in [0, 0.05) is 17.8 Å². The molecule has 0 bridgehead atoms. The summed E-state index contributed by atoms with van der Waals surface area (Å²) in [5.74, 6) is 0. The predicted molar refractivity (Wildman–Crippen MR) is 58.1 cm³/mol. The third-order valence-corrected chi connectivity index (χ3v) is 2.55. The number of hydrogen-bond acceptors (Lipinski definition) is 5. The van der Waals surface area contributed by atoms with Crippen LogP contribution in [0.1, 0.15) is 5.01 Å². The molecule has 0 aliphatic rings. The fourth-order valence-electron chi connectivity index (χ4n) is 1.08. The largest absolute Gasteiger partial charge is 0.396 e. The molecule has 3 N–H and O–H groups in total. The Morgan fingerprint density at radius 1 is 1.43 bits per heavy atom.